The van der Waals surface area contributed by atoms with Crippen LogP contribution >= 0.6 is 0 Å². The Morgan fingerprint density at radius 1 is 1.13 bits per heavy atom. The van der Waals surface area contributed by atoms with E-state index in [-0.39, 0.29) is 30.4 Å². The summed E-state index contributed by atoms with van der Waals surface area (Å²) in [6.07, 6.45) is 1.31. The molecule has 0 unspecified atom stereocenters. The maximum Gasteiger partial charge on any atom is 0.240 e. The van der Waals surface area contributed by atoms with Crippen LogP contribution in [0.5, 0.6) is 0 Å². The highest BCUT2D eigenvalue weighted by Gasteiger charge is 2.32. The van der Waals surface area contributed by atoms with E-state index in [2.05, 4.69) is 10.0 Å². The van der Waals surface area contributed by atoms with E-state index >= 15 is 0 Å². The van der Waals surface area contributed by atoms with Crippen LogP contribution in [0.2, 0.25) is 0 Å². The molecule has 0 aliphatic heterocycles. The first kappa shape index (κ1) is 19.6. The number of rotatable bonds is 9. The lowest BCUT2D eigenvalue weighted by atomic mass is 9.81. The Hall–Kier alpha value is -1.44. The van der Waals surface area contributed by atoms with Crippen LogP contribution in [0.1, 0.15) is 32.3 Å². The lowest BCUT2D eigenvalue weighted by Gasteiger charge is -2.28. The van der Waals surface area contributed by atoms with Gasteiger partial charge in [0.1, 0.15) is 0 Å². The molecule has 0 aliphatic rings. The average molecular weight is 341 g/mol. The Morgan fingerprint density at radius 2 is 1.70 bits per heavy atom. The van der Waals surface area contributed by atoms with Gasteiger partial charge in [0.25, 0.3) is 0 Å². The number of sulfonamides is 1. The van der Waals surface area contributed by atoms with Crippen LogP contribution in [0.3, 0.4) is 0 Å². The zero-order chi connectivity index (χ0) is 17.5. The molecule has 6 nitrogen and oxygen atoms in total. The average Bonchev–Trinajstić information content (AvgIpc) is 2.54. The van der Waals surface area contributed by atoms with Gasteiger partial charge in [-0.25, -0.2) is 13.1 Å². The fourth-order valence-electron chi connectivity index (χ4n) is 2.30. The minimum Gasteiger partial charge on any atom is -0.354 e. The van der Waals surface area contributed by atoms with Crippen molar-refractivity contribution in [1.29, 1.82) is 0 Å². The molecule has 0 saturated carbocycles. The molecule has 0 bridgehead atoms. The van der Waals surface area contributed by atoms with Crippen molar-refractivity contribution in [3.8, 4) is 0 Å². The molecule has 0 atom stereocenters. The fraction of sp³-hybridized carbons (Fsp3) is 0.562. The third-order valence-electron chi connectivity index (χ3n) is 4.26. The maximum absolute atomic E-state index is 12.2. The summed E-state index contributed by atoms with van der Waals surface area (Å²) in [5.74, 6) is -0.125. The van der Waals surface area contributed by atoms with Crippen molar-refractivity contribution in [3.05, 3.63) is 29.8 Å². The summed E-state index contributed by atoms with van der Waals surface area (Å²) in [5, 5.41) is 2.76. The van der Waals surface area contributed by atoms with Gasteiger partial charge in [-0.05, 0) is 31.9 Å². The summed E-state index contributed by atoms with van der Waals surface area (Å²) in [6.45, 7) is 6.39. The number of aryl methyl sites for hydroxylation is 1. The molecular formula is C16H27N3O3S. The van der Waals surface area contributed by atoms with Crippen LogP contribution in [0, 0.1) is 12.3 Å². The first-order valence-corrected chi connectivity index (χ1v) is 9.34. The highest BCUT2D eigenvalue weighted by Crippen LogP contribution is 2.24. The second kappa shape index (κ2) is 8.42. The molecule has 1 aromatic carbocycles. The van der Waals surface area contributed by atoms with Crippen molar-refractivity contribution < 1.29 is 13.2 Å². The van der Waals surface area contributed by atoms with E-state index in [0.29, 0.717) is 12.8 Å². The molecule has 4 N–H and O–H groups in total. The molecular weight excluding hydrogens is 314 g/mol. The third kappa shape index (κ3) is 5.02. The topological polar surface area (TPSA) is 101 Å². The molecule has 7 heteroatoms. The van der Waals surface area contributed by atoms with Crippen molar-refractivity contribution in [2.24, 2.45) is 11.1 Å². The summed E-state index contributed by atoms with van der Waals surface area (Å²) in [4.78, 5) is 12.4. The smallest absolute Gasteiger partial charge is 0.240 e. The molecule has 1 aromatic rings. The minimum absolute atomic E-state index is 0.125. The van der Waals surface area contributed by atoms with Crippen LogP contribution < -0.4 is 15.8 Å². The molecule has 0 aliphatic carbocycles. The Bertz CT molecular complexity index is 600. The number of nitrogens with one attached hydrogen (secondary N) is 2. The Kier molecular flexibility index (Phi) is 7.18. The molecule has 1 amide bonds. The summed E-state index contributed by atoms with van der Waals surface area (Å²) in [7, 11) is -3.55. The Labute approximate surface area is 138 Å². The molecule has 1 rings (SSSR count). The molecule has 130 valence electrons. The Balaban J connectivity index is 2.54. The Morgan fingerprint density at radius 3 is 2.17 bits per heavy atom. The van der Waals surface area contributed by atoms with Gasteiger partial charge in [0.05, 0.1) is 10.3 Å². The zero-order valence-electron chi connectivity index (χ0n) is 14.1. The standard InChI is InChI=1S/C16H27N3O3S/c1-4-16(5-2,12-17)15(20)18-10-11-19-23(21,22)14-8-6-13(3)7-9-14/h6-9,19H,4-5,10-12,17H2,1-3H3,(H,18,20). The third-order valence-corrected chi connectivity index (χ3v) is 5.74. The van der Waals surface area contributed by atoms with Crippen molar-refractivity contribution in [1.82, 2.24) is 10.0 Å². The van der Waals surface area contributed by atoms with Crippen molar-refractivity contribution >= 4 is 15.9 Å². The van der Waals surface area contributed by atoms with Gasteiger partial charge in [-0.1, -0.05) is 31.5 Å². The normalized spacial score (nSPS) is 12.2. The van der Waals surface area contributed by atoms with Gasteiger partial charge in [0.15, 0.2) is 0 Å². The van der Waals surface area contributed by atoms with E-state index in [9.17, 15) is 13.2 Å². The zero-order valence-corrected chi connectivity index (χ0v) is 14.9. The SMILES string of the molecule is CCC(CC)(CN)C(=O)NCCNS(=O)(=O)c1ccc(C)cc1. The highest BCUT2D eigenvalue weighted by molar-refractivity contribution is 7.89. The molecule has 0 aromatic heterocycles. The number of hydrogen-bond acceptors (Lipinski definition) is 4. The molecule has 23 heavy (non-hydrogen) atoms. The van der Waals surface area contributed by atoms with E-state index in [1.54, 1.807) is 24.3 Å². The van der Waals surface area contributed by atoms with Crippen LogP contribution in [0.25, 0.3) is 0 Å². The molecule has 0 heterocycles. The first-order valence-electron chi connectivity index (χ1n) is 7.86. The molecule has 0 saturated heterocycles. The number of nitrogens with two attached hydrogens (primary N) is 1. The van der Waals surface area contributed by atoms with Crippen molar-refractivity contribution in [3.63, 3.8) is 0 Å². The lowest BCUT2D eigenvalue weighted by Crippen LogP contribution is -2.47. The quantitative estimate of drug-likeness (QED) is 0.587. The van der Waals surface area contributed by atoms with Gasteiger partial charge in [0.2, 0.25) is 15.9 Å². The predicted octanol–water partition coefficient (Wildman–Crippen LogP) is 1.15. The molecule has 0 spiro atoms. The van der Waals surface area contributed by atoms with E-state index in [4.69, 9.17) is 5.73 Å². The van der Waals surface area contributed by atoms with E-state index in [0.717, 1.165) is 5.56 Å². The number of amides is 1. The van der Waals surface area contributed by atoms with Crippen molar-refractivity contribution in [2.45, 2.75) is 38.5 Å². The lowest BCUT2D eigenvalue weighted by molar-refractivity contribution is -0.130. The van der Waals surface area contributed by atoms with Gasteiger partial charge in [-0.3, -0.25) is 4.79 Å². The second-order valence-corrected chi connectivity index (χ2v) is 7.43. The summed E-state index contributed by atoms with van der Waals surface area (Å²) in [5.41, 5.74) is 6.14. The monoisotopic (exact) mass is 341 g/mol. The van der Waals surface area contributed by atoms with Crippen LogP contribution in [-0.2, 0) is 14.8 Å². The van der Waals surface area contributed by atoms with Gasteiger partial charge in [0, 0.05) is 19.6 Å². The number of carbonyl (C=O) groups excluding carboxylic acids is 1. The number of carbonyl (C=O) groups is 1. The van der Waals surface area contributed by atoms with Crippen LogP contribution in [0.15, 0.2) is 29.2 Å². The van der Waals surface area contributed by atoms with Crippen molar-refractivity contribution in [2.75, 3.05) is 19.6 Å². The fourth-order valence-corrected chi connectivity index (χ4v) is 3.33. The summed E-state index contributed by atoms with van der Waals surface area (Å²) in [6, 6.07) is 6.61. The van der Waals surface area contributed by atoms with E-state index < -0.39 is 15.4 Å². The predicted molar refractivity (Wildman–Crippen MR) is 91.4 cm³/mol. The first-order chi connectivity index (χ1) is 10.8. The molecule has 0 fully saturated rings. The van der Waals surface area contributed by atoms with Crippen LogP contribution in [0.4, 0.5) is 0 Å². The van der Waals surface area contributed by atoms with E-state index in [1.807, 2.05) is 20.8 Å². The maximum atomic E-state index is 12.2. The van der Waals surface area contributed by atoms with Gasteiger partial charge in [-0.15, -0.1) is 0 Å². The summed E-state index contributed by atoms with van der Waals surface area (Å²) >= 11 is 0. The largest absolute Gasteiger partial charge is 0.354 e. The van der Waals surface area contributed by atoms with Crippen LogP contribution in [-0.4, -0.2) is 34.0 Å². The van der Waals surface area contributed by atoms with Gasteiger partial charge < -0.3 is 11.1 Å². The number of benzene rings is 1. The highest BCUT2D eigenvalue weighted by atomic mass is 32.2. The minimum atomic E-state index is -3.55. The van der Waals surface area contributed by atoms with Gasteiger partial charge in [-0.2, -0.15) is 0 Å². The number of hydrogen-bond donors (Lipinski definition) is 3. The van der Waals surface area contributed by atoms with E-state index in [1.165, 1.54) is 0 Å². The second-order valence-electron chi connectivity index (χ2n) is 5.66. The summed E-state index contributed by atoms with van der Waals surface area (Å²) < 4.78 is 26.7. The molecule has 0 radical (unpaired) electrons. The van der Waals surface area contributed by atoms with Gasteiger partial charge >= 0.3 is 0 Å².